The Hall–Kier alpha value is -0.590. The summed E-state index contributed by atoms with van der Waals surface area (Å²) in [5.74, 6) is 2.04. The topological polar surface area (TPSA) is 23.1 Å². The fraction of sp³-hybridized carbons (Fsp3) is 0.857. The summed E-state index contributed by atoms with van der Waals surface area (Å²) >= 11 is 0. The first-order valence-electron chi connectivity index (χ1n) is 9.48. The van der Waals surface area contributed by atoms with Gasteiger partial charge in [0.25, 0.3) is 0 Å². The SMILES string of the molecule is CC1(C)C2CCC1(C=C([O-])[CH+]C13CCC(CC1)C3(C)C)CC2. The molecule has 4 fully saturated rings. The van der Waals surface area contributed by atoms with Crippen LogP contribution in [0.5, 0.6) is 0 Å². The van der Waals surface area contributed by atoms with Gasteiger partial charge in [-0.3, -0.25) is 0 Å². The van der Waals surface area contributed by atoms with E-state index < -0.39 is 0 Å². The number of hydrogen-bond donors (Lipinski definition) is 0. The Kier molecular flexibility index (Phi) is 2.91. The van der Waals surface area contributed by atoms with Crippen molar-refractivity contribution >= 4 is 0 Å². The third kappa shape index (κ3) is 1.64. The Bertz CT molecular complexity index is 494. The van der Waals surface area contributed by atoms with Gasteiger partial charge in [-0.15, -0.1) is 0 Å². The van der Waals surface area contributed by atoms with E-state index in [0.717, 1.165) is 11.8 Å². The van der Waals surface area contributed by atoms with Gasteiger partial charge in [-0.2, -0.15) is 0 Å². The van der Waals surface area contributed by atoms with E-state index in [4.69, 9.17) is 0 Å². The van der Waals surface area contributed by atoms with Crippen LogP contribution in [0.15, 0.2) is 11.8 Å². The molecule has 1 heteroatoms. The van der Waals surface area contributed by atoms with Gasteiger partial charge in [0, 0.05) is 12.5 Å². The zero-order valence-electron chi connectivity index (χ0n) is 14.9. The van der Waals surface area contributed by atoms with E-state index in [-0.39, 0.29) is 10.8 Å². The lowest BCUT2D eigenvalue weighted by Gasteiger charge is -2.37. The van der Waals surface area contributed by atoms with Crippen molar-refractivity contribution < 1.29 is 5.11 Å². The summed E-state index contributed by atoms with van der Waals surface area (Å²) in [5.41, 5.74) is 1.06. The number of allylic oxidation sites excluding steroid dienone is 2. The van der Waals surface area contributed by atoms with E-state index >= 15 is 0 Å². The number of fused-ring (bicyclic) bond motifs is 4. The quantitative estimate of drug-likeness (QED) is 0.539. The highest BCUT2D eigenvalue weighted by atomic mass is 16.3. The van der Waals surface area contributed by atoms with Crippen LogP contribution in [-0.4, -0.2) is 0 Å². The highest BCUT2D eigenvalue weighted by molar-refractivity contribution is 5.26. The average molecular weight is 300 g/mol. The van der Waals surface area contributed by atoms with Gasteiger partial charge >= 0.3 is 0 Å². The van der Waals surface area contributed by atoms with Crippen molar-refractivity contribution in [1.29, 1.82) is 0 Å². The molecule has 0 heterocycles. The third-order valence-electron chi connectivity index (χ3n) is 9.20. The van der Waals surface area contributed by atoms with Gasteiger partial charge < -0.3 is 5.11 Å². The summed E-state index contributed by atoms with van der Waals surface area (Å²) in [5, 5.41) is 13.0. The van der Waals surface area contributed by atoms with Crippen molar-refractivity contribution in [3.63, 3.8) is 0 Å². The van der Waals surface area contributed by atoms with Crippen molar-refractivity contribution in [2.24, 2.45) is 33.5 Å². The van der Waals surface area contributed by atoms with Crippen LogP contribution in [0, 0.1) is 39.9 Å². The smallest absolute Gasteiger partial charge is 0.0592 e. The first-order valence-corrected chi connectivity index (χ1v) is 9.48. The standard InChI is InChI=1S/C21H32O/c1-18(2)15-5-9-20(18,10-6-15)13-17(22)14-21-11-7-16(8-12-21)19(21,3)4/h13-16H,5-12H2,1-4H3. The second kappa shape index (κ2) is 4.28. The lowest BCUT2D eigenvalue weighted by Crippen LogP contribution is -2.35. The summed E-state index contributed by atoms with van der Waals surface area (Å²) in [6.07, 6.45) is 14.6. The van der Waals surface area contributed by atoms with Crippen LogP contribution >= 0.6 is 0 Å². The highest BCUT2D eigenvalue weighted by Gasteiger charge is 2.63. The highest BCUT2D eigenvalue weighted by Crippen LogP contribution is 2.69. The molecule has 0 aromatic carbocycles. The Morgan fingerprint density at radius 3 is 1.77 bits per heavy atom. The van der Waals surface area contributed by atoms with E-state index in [2.05, 4.69) is 40.2 Å². The Labute approximate surface area is 136 Å². The fourth-order valence-electron chi connectivity index (χ4n) is 7.06. The second-order valence-electron chi connectivity index (χ2n) is 10.00. The van der Waals surface area contributed by atoms with Crippen molar-refractivity contribution in [1.82, 2.24) is 0 Å². The van der Waals surface area contributed by atoms with Crippen LogP contribution in [-0.2, 0) is 0 Å². The van der Waals surface area contributed by atoms with E-state index in [9.17, 15) is 5.11 Å². The van der Waals surface area contributed by atoms with E-state index in [1.165, 1.54) is 51.4 Å². The number of rotatable bonds is 3. The summed E-state index contributed by atoms with van der Waals surface area (Å²) in [4.78, 5) is 0. The molecule has 0 aromatic rings. The minimum atomic E-state index is 0.197. The molecule has 22 heavy (non-hydrogen) atoms. The molecule has 4 aliphatic carbocycles. The van der Waals surface area contributed by atoms with Gasteiger partial charge in [0.1, 0.15) is 0 Å². The Morgan fingerprint density at radius 1 is 0.864 bits per heavy atom. The number of hydrogen-bond acceptors (Lipinski definition) is 1. The van der Waals surface area contributed by atoms with Gasteiger partial charge in [0.05, 0.1) is 16.6 Å². The molecule has 0 unspecified atom stereocenters. The molecule has 0 N–H and O–H groups in total. The molecular weight excluding hydrogens is 268 g/mol. The molecule has 0 aromatic heterocycles. The average Bonchev–Trinajstić information content (AvgIpc) is 3.01. The van der Waals surface area contributed by atoms with Crippen LogP contribution in [0.4, 0.5) is 0 Å². The van der Waals surface area contributed by atoms with Gasteiger partial charge in [0.15, 0.2) is 0 Å². The first kappa shape index (κ1) is 15.0. The van der Waals surface area contributed by atoms with E-state index in [0.29, 0.717) is 16.6 Å². The Morgan fingerprint density at radius 2 is 1.36 bits per heavy atom. The zero-order valence-corrected chi connectivity index (χ0v) is 14.9. The lowest BCUT2D eigenvalue weighted by molar-refractivity contribution is -0.303. The molecule has 122 valence electrons. The van der Waals surface area contributed by atoms with Gasteiger partial charge in [-0.1, -0.05) is 27.7 Å². The van der Waals surface area contributed by atoms with Crippen molar-refractivity contribution in [2.45, 2.75) is 79.1 Å². The van der Waals surface area contributed by atoms with Gasteiger partial charge in [-0.25, -0.2) is 0 Å². The second-order valence-corrected chi connectivity index (χ2v) is 10.00. The minimum Gasteiger partial charge on any atom is -0.842 e. The van der Waals surface area contributed by atoms with E-state index in [1.807, 2.05) is 0 Å². The van der Waals surface area contributed by atoms with E-state index in [1.54, 1.807) is 0 Å². The molecule has 4 aliphatic rings. The first-order chi connectivity index (χ1) is 10.2. The normalized spacial score (nSPS) is 48.1. The summed E-state index contributed by atoms with van der Waals surface area (Å²) in [6.45, 7) is 9.63. The zero-order chi connectivity index (χ0) is 15.8. The fourth-order valence-corrected chi connectivity index (χ4v) is 7.06. The molecule has 4 saturated carbocycles. The lowest BCUT2D eigenvalue weighted by atomic mass is 9.65. The molecule has 4 bridgehead atoms. The molecule has 0 radical (unpaired) electrons. The summed E-state index contributed by atoms with van der Waals surface area (Å²) in [6, 6.07) is 0. The maximum Gasteiger partial charge on any atom is 0.0592 e. The van der Waals surface area contributed by atoms with Gasteiger partial charge in [0.2, 0.25) is 0 Å². The minimum absolute atomic E-state index is 0.197. The van der Waals surface area contributed by atoms with Crippen LogP contribution in [0.1, 0.15) is 79.1 Å². The van der Waals surface area contributed by atoms with Crippen molar-refractivity contribution in [2.75, 3.05) is 0 Å². The molecule has 0 saturated heterocycles. The van der Waals surface area contributed by atoms with Crippen LogP contribution < -0.4 is 5.11 Å². The summed E-state index contributed by atoms with van der Waals surface area (Å²) in [7, 11) is 0. The molecular formula is C21H32O. The molecule has 0 amide bonds. The van der Waals surface area contributed by atoms with Crippen molar-refractivity contribution in [3.8, 4) is 0 Å². The van der Waals surface area contributed by atoms with Crippen LogP contribution in [0.3, 0.4) is 0 Å². The monoisotopic (exact) mass is 300 g/mol. The van der Waals surface area contributed by atoms with Crippen molar-refractivity contribution in [3.05, 3.63) is 18.3 Å². The van der Waals surface area contributed by atoms with Crippen LogP contribution in [0.2, 0.25) is 0 Å². The molecule has 0 spiro atoms. The van der Waals surface area contributed by atoms with Crippen LogP contribution in [0.25, 0.3) is 0 Å². The molecule has 0 aliphatic heterocycles. The maximum absolute atomic E-state index is 13.0. The predicted molar refractivity (Wildman–Crippen MR) is 88.7 cm³/mol. The molecule has 1 nitrogen and oxygen atoms in total. The predicted octanol–water partition coefficient (Wildman–Crippen LogP) is 4.87. The maximum atomic E-state index is 13.0. The largest absolute Gasteiger partial charge is 0.842 e. The van der Waals surface area contributed by atoms with Gasteiger partial charge in [-0.05, 0) is 74.0 Å². The molecule has 4 rings (SSSR count). The summed E-state index contributed by atoms with van der Waals surface area (Å²) < 4.78 is 0. The molecule has 0 atom stereocenters. The third-order valence-corrected chi connectivity index (χ3v) is 9.20. The Balaban J connectivity index is 1.59.